The molecular formula is C20H28N6O3. The lowest BCUT2D eigenvalue weighted by Crippen LogP contribution is -2.50. The highest BCUT2D eigenvalue weighted by molar-refractivity contribution is 5.96. The first-order chi connectivity index (χ1) is 14.0. The Morgan fingerprint density at radius 3 is 2.48 bits per heavy atom. The van der Waals surface area contributed by atoms with E-state index in [2.05, 4.69) is 20.6 Å². The number of urea groups is 1. The summed E-state index contributed by atoms with van der Waals surface area (Å²) < 4.78 is 6.77. The molecule has 29 heavy (non-hydrogen) atoms. The van der Waals surface area contributed by atoms with Crippen LogP contribution in [0.25, 0.3) is 0 Å². The molecule has 3 amide bonds. The van der Waals surface area contributed by atoms with Crippen LogP contribution in [0.2, 0.25) is 0 Å². The number of anilines is 1. The second-order valence-corrected chi connectivity index (χ2v) is 7.11. The first-order valence-electron chi connectivity index (χ1n) is 9.67. The molecular weight excluding hydrogens is 372 g/mol. The smallest absolute Gasteiger partial charge is 0.319 e. The highest BCUT2D eigenvalue weighted by Gasteiger charge is 2.26. The number of piperazine rings is 1. The number of carbonyl (C=O) groups excluding carboxylic acids is 2. The van der Waals surface area contributed by atoms with Crippen LogP contribution in [0.5, 0.6) is 5.88 Å². The summed E-state index contributed by atoms with van der Waals surface area (Å²) in [4.78, 5) is 28.7. The van der Waals surface area contributed by atoms with Crippen LogP contribution in [0.4, 0.5) is 10.5 Å². The van der Waals surface area contributed by atoms with Crippen molar-refractivity contribution in [1.29, 1.82) is 0 Å². The summed E-state index contributed by atoms with van der Waals surface area (Å²) in [5.74, 6) is 0.286. The van der Waals surface area contributed by atoms with Crippen LogP contribution < -0.4 is 15.4 Å². The van der Waals surface area contributed by atoms with Crippen molar-refractivity contribution in [3.8, 4) is 5.88 Å². The normalized spacial score (nSPS) is 14.5. The predicted octanol–water partition coefficient (Wildman–Crippen LogP) is 1.32. The van der Waals surface area contributed by atoms with E-state index in [1.165, 1.54) is 7.11 Å². The molecule has 0 aliphatic carbocycles. The molecule has 1 aliphatic rings. The molecule has 3 rings (SSSR count). The topological polar surface area (TPSA) is 91.7 Å². The number of aryl methyl sites for hydroxylation is 2. The molecule has 1 aromatic heterocycles. The number of hydrogen-bond donors (Lipinski definition) is 2. The van der Waals surface area contributed by atoms with Gasteiger partial charge in [0, 0.05) is 58.2 Å². The zero-order valence-corrected chi connectivity index (χ0v) is 17.1. The molecule has 0 spiro atoms. The number of amides is 3. The van der Waals surface area contributed by atoms with Gasteiger partial charge in [0.15, 0.2) is 0 Å². The van der Waals surface area contributed by atoms with E-state index in [1.807, 2.05) is 36.1 Å². The first kappa shape index (κ1) is 20.7. The maximum Gasteiger partial charge on any atom is 0.319 e. The molecule has 2 heterocycles. The van der Waals surface area contributed by atoms with Crippen LogP contribution in [0.15, 0.2) is 30.5 Å². The first-order valence-corrected chi connectivity index (χ1v) is 9.67. The summed E-state index contributed by atoms with van der Waals surface area (Å²) in [5, 5.41) is 9.83. The predicted molar refractivity (Wildman–Crippen MR) is 110 cm³/mol. The summed E-state index contributed by atoms with van der Waals surface area (Å²) in [6, 6.07) is 7.45. The molecule has 9 nitrogen and oxygen atoms in total. The van der Waals surface area contributed by atoms with Gasteiger partial charge in [-0.3, -0.25) is 14.4 Å². The molecule has 0 saturated carbocycles. The number of carbonyl (C=O) groups is 2. The van der Waals surface area contributed by atoms with Crippen molar-refractivity contribution in [1.82, 2.24) is 24.9 Å². The molecule has 1 aromatic carbocycles. The maximum atomic E-state index is 12.7. The summed E-state index contributed by atoms with van der Waals surface area (Å²) >= 11 is 0. The standard InChI is InChI=1S/C20H28N6O3/c1-15-4-6-16(7-5-15)22-20(28)21-8-9-25-10-12-26(13-11-25)19(27)17-14-24(2)23-18(17)29-3/h4-7,14H,8-13H2,1-3H3,(H2,21,22,28). The molecule has 2 aromatic rings. The lowest BCUT2D eigenvalue weighted by atomic mass is 10.2. The summed E-state index contributed by atoms with van der Waals surface area (Å²) in [5.41, 5.74) is 2.40. The molecule has 156 valence electrons. The fourth-order valence-electron chi connectivity index (χ4n) is 3.25. The summed E-state index contributed by atoms with van der Waals surface area (Å²) in [6.07, 6.45) is 1.68. The zero-order chi connectivity index (χ0) is 20.8. The Bertz CT molecular complexity index is 840. The monoisotopic (exact) mass is 400 g/mol. The minimum absolute atomic E-state index is 0.0646. The van der Waals surface area contributed by atoms with Gasteiger partial charge in [0.25, 0.3) is 5.91 Å². The van der Waals surface area contributed by atoms with E-state index in [0.717, 1.165) is 30.9 Å². The van der Waals surface area contributed by atoms with Crippen LogP contribution >= 0.6 is 0 Å². The average molecular weight is 400 g/mol. The molecule has 0 radical (unpaired) electrons. The second kappa shape index (κ2) is 9.42. The van der Waals surface area contributed by atoms with Gasteiger partial charge in [0.2, 0.25) is 5.88 Å². The van der Waals surface area contributed by atoms with E-state index >= 15 is 0 Å². The number of aromatic nitrogens is 2. The SMILES string of the molecule is COc1nn(C)cc1C(=O)N1CCN(CCNC(=O)Nc2ccc(C)cc2)CC1. The Balaban J connectivity index is 1.39. The number of nitrogens with one attached hydrogen (secondary N) is 2. The molecule has 1 saturated heterocycles. The number of nitrogens with zero attached hydrogens (tertiary/aromatic N) is 4. The maximum absolute atomic E-state index is 12.7. The van der Waals surface area contributed by atoms with Gasteiger partial charge >= 0.3 is 6.03 Å². The number of hydrogen-bond acceptors (Lipinski definition) is 5. The van der Waals surface area contributed by atoms with Crippen molar-refractivity contribution >= 4 is 17.6 Å². The molecule has 9 heteroatoms. The van der Waals surface area contributed by atoms with Crippen LogP contribution in [-0.4, -0.2) is 77.9 Å². The van der Waals surface area contributed by atoms with Gasteiger partial charge < -0.3 is 20.3 Å². The van der Waals surface area contributed by atoms with Gasteiger partial charge in [-0.25, -0.2) is 4.79 Å². The van der Waals surface area contributed by atoms with E-state index in [0.29, 0.717) is 31.1 Å². The van der Waals surface area contributed by atoms with Crippen molar-refractivity contribution in [2.75, 3.05) is 51.7 Å². The second-order valence-electron chi connectivity index (χ2n) is 7.11. The Kier molecular flexibility index (Phi) is 6.71. The van der Waals surface area contributed by atoms with Crippen LogP contribution in [0.1, 0.15) is 15.9 Å². The Labute approximate surface area is 170 Å². The van der Waals surface area contributed by atoms with Crippen molar-refractivity contribution in [2.24, 2.45) is 7.05 Å². The molecule has 0 atom stereocenters. The van der Waals surface area contributed by atoms with Crippen molar-refractivity contribution < 1.29 is 14.3 Å². The Morgan fingerprint density at radius 2 is 1.83 bits per heavy atom. The molecule has 2 N–H and O–H groups in total. The minimum atomic E-state index is -0.216. The quantitative estimate of drug-likeness (QED) is 0.763. The number of benzene rings is 1. The van der Waals surface area contributed by atoms with Gasteiger partial charge in [0.05, 0.1) is 7.11 Å². The van der Waals surface area contributed by atoms with Crippen molar-refractivity contribution in [3.05, 3.63) is 41.6 Å². The Hall–Kier alpha value is -3.07. The highest BCUT2D eigenvalue weighted by Crippen LogP contribution is 2.18. The largest absolute Gasteiger partial charge is 0.479 e. The van der Waals surface area contributed by atoms with Gasteiger partial charge in [-0.2, -0.15) is 0 Å². The van der Waals surface area contributed by atoms with E-state index in [1.54, 1.807) is 17.9 Å². The van der Waals surface area contributed by atoms with Crippen LogP contribution in [0, 0.1) is 6.92 Å². The number of ether oxygens (including phenoxy) is 1. The molecule has 1 fully saturated rings. The van der Waals surface area contributed by atoms with Crippen LogP contribution in [-0.2, 0) is 7.05 Å². The fourth-order valence-corrected chi connectivity index (χ4v) is 3.25. The van der Waals surface area contributed by atoms with E-state index in [9.17, 15) is 9.59 Å². The van der Waals surface area contributed by atoms with Gasteiger partial charge in [-0.15, -0.1) is 5.10 Å². The third-order valence-electron chi connectivity index (χ3n) is 4.90. The highest BCUT2D eigenvalue weighted by atomic mass is 16.5. The lowest BCUT2D eigenvalue weighted by Gasteiger charge is -2.34. The minimum Gasteiger partial charge on any atom is -0.479 e. The average Bonchev–Trinajstić information content (AvgIpc) is 3.10. The van der Waals surface area contributed by atoms with Crippen LogP contribution in [0.3, 0.4) is 0 Å². The van der Waals surface area contributed by atoms with Crippen molar-refractivity contribution in [3.63, 3.8) is 0 Å². The fraction of sp³-hybridized carbons (Fsp3) is 0.450. The molecule has 0 unspecified atom stereocenters. The van der Waals surface area contributed by atoms with Gasteiger partial charge in [-0.1, -0.05) is 17.7 Å². The van der Waals surface area contributed by atoms with E-state index in [4.69, 9.17) is 4.74 Å². The number of methoxy groups -OCH3 is 1. The number of rotatable bonds is 6. The van der Waals surface area contributed by atoms with E-state index in [-0.39, 0.29) is 11.9 Å². The Morgan fingerprint density at radius 1 is 1.14 bits per heavy atom. The molecule has 0 bridgehead atoms. The zero-order valence-electron chi connectivity index (χ0n) is 17.1. The lowest BCUT2D eigenvalue weighted by molar-refractivity contribution is 0.0636. The van der Waals surface area contributed by atoms with Gasteiger partial charge in [0.1, 0.15) is 5.56 Å². The van der Waals surface area contributed by atoms with Crippen molar-refractivity contribution in [2.45, 2.75) is 6.92 Å². The summed E-state index contributed by atoms with van der Waals surface area (Å²) in [6.45, 7) is 6.07. The van der Waals surface area contributed by atoms with E-state index < -0.39 is 0 Å². The molecule has 1 aliphatic heterocycles. The third-order valence-corrected chi connectivity index (χ3v) is 4.90. The van der Waals surface area contributed by atoms with Gasteiger partial charge in [-0.05, 0) is 19.1 Å². The summed E-state index contributed by atoms with van der Waals surface area (Å²) in [7, 11) is 3.28. The third kappa shape index (κ3) is 5.47.